The fourth-order valence-electron chi connectivity index (χ4n) is 1.25. The minimum atomic E-state index is -0.121. The van der Waals surface area contributed by atoms with E-state index >= 15 is 0 Å². The van der Waals surface area contributed by atoms with Crippen molar-refractivity contribution in [2.45, 2.75) is 12.8 Å². The molecule has 1 rings (SSSR count). The van der Waals surface area contributed by atoms with E-state index < -0.39 is 0 Å². The standard InChI is InChI=1S/C8H14N2O3/c11-5-1-4-10-6-7(12)9-3-2-8(10)13/h11H,1-6H2,(H,9,12). The average molecular weight is 186 g/mol. The Morgan fingerprint density at radius 1 is 1.46 bits per heavy atom. The summed E-state index contributed by atoms with van der Waals surface area (Å²) in [6, 6.07) is 0. The van der Waals surface area contributed by atoms with Gasteiger partial charge in [0, 0.05) is 26.1 Å². The molecule has 0 spiro atoms. The van der Waals surface area contributed by atoms with Crippen molar-refractivity contribution in [2.24, 2.45) is 0 Å². The maximum atomic E-state index is 11.3. The van der Waals surface area contributed by atoms with Gasteiger partial charge in [0.15, 0.2) is 0 Å². The summed E-state index contributed by atoms with van der Waals surface area (Å²) in [5.41, 5.74) is 0. The second-order valence-electron chi connectivity index (χ2n) is 2.99. The fourth-order valence-corrected chi connectivity index (χ4v) is 1.25. The number of nitrogens with one attached hydrogen (secondary N) is 1. The van der Waals surface area contributed by atoms with Crippen LogP contribution in [0.4, 0.5) is 0 Å². The van der Waals surface area contributed by atoms with Crippen molar-refractivity contribution in [1.29, 1.82) is 0 Å². The second-order valence-corrected chi connectivity index (χ2v) is 2.99. The second kappa shape index (κ2) is 4.81. The Morgan fingerprint density at radius 2 is 2.23 bits per heavy atom. The van der Waals surface area contributed by atoms with Gasteiger partial charge in [0.1, 0.15) is 0 Å². The first-order valence-corrected chi connectivity index (χ1v) is 4.39. The van der Waals surface area contributed by atoms with Gasteiger partial charge >= 0.3 is 0 Å². The molecule has 0 aliphatic carbocycles. The van der Waals surface area contributed by atoms with Crippen molar-refractivity contribution in [1.82, 2.24) is 10.2 Å². The lowest BCUT2D eigenvalue weighted by molar-refractivity contribution is -0.133. The number of hydrogen-bond donors (Lipinski definition) is 2. The Hall–Kier alpha value is -1.10. The van der Waals surface area contributed by atoms with Gasteiger partial charge in [-0.15, -0.1) is 0 Å². The molecule has 74 valence electrons. The van der Waals surface area contributed by atoms with Gasteiger partial charge in [0.2, 0.25) is 11.8 Å². The molecule has 1 heterocycles. The van der Waals surface area contributed by atoms with Gasteiger partial charge in [-0.25, -0.2) is 0 Å². The lowest BCUT2D eigenvalue weighted by Gasteiger charge is -2.18. The number of aliphatic hydroxyl groups is 1. The zero-order valence-corrected chi connectivity index (χ0v) is 7.45. The van der Waals surface area contributed by atoms with Crippen LogP contribution in [0.1, 0.15) is 12.8 Å². The predicted octanol–water partition coefficient (Wildman–Crippen LogP) is -1.28. The summed E-state index contributed by atoms with van der Waals surface area (Å²) in [6.45, 7) is 1.06. The van der Waals surface area contributed by atoms with Crippen molar-refractivity contribution < 1.29 is 14.7 Å². The van der Waals surface area contributed by atoms with Crippen LogP contribution >= 0.6 is 0 Å². The van der Waals surface area contributed by atoms with E-state index in [0.717, 1.165) is 0 Å². The van der Waals surface area contributed by atoms with E-state index in [9.17, 15) is 9.59 Å². The van der Waals surface area contributed by atoms with E-state index in [1.54, 1.807) is 0 Å². The molecule has 1 saturated heterocycles. The maximum absolute atomic E-state index is 11.3. The quantitative estimate of drug-likeness (QED) is 0.576. The summed E-state index contributed by atoms with van der Waals surface area (Å²) in [7, 11) is 0. The molecule has 5 heteroatoms. The third-order valence-corrected chi connectivity index (χ3v) is 1.93. The molecule has 1 aliphatic rings. The van der Waals surface area contributed by atoms with Gasteiger partial charge in [-0.3, -0.25) is 9.59 Å². The van der Waals surface area contributed by atoms with Gasteiger partial charge < -0.3 is 15.3 Å². The highest BCUT2D eigenvalue weighted by Gasteiger charge is 2.19. The molecule has 0 unspecified atom stereocenters. The third kappa shape index (κ3) is 3.02. The topological polar surface area (TPSA) is 69.6 Å². The smallest absolute Gasteiger partial charge is 0.239 e. The lowest BCUT2D eigenvalue weighted by atomic mass is 10.3. The van der Waals surface area contributed by atoms with Crippen LogP contribution in [0.15, 0.2) is 0 Å². The molecule has 1 aliphatic heterocycles. The minimum absolute atomic E-state index is 0.0215. The van der Waals surface area contributed by atoms with Crippen LogP contribution in [-0.2, 0) is 9.59 Å². The van der Waals surface area contributed by atoms with Crippen molar-refractivity contribution >= 4 is 11.8 Å². The molecule has 0 aromatic heterocycles. The Bertz CT molecular complexity index is 206. The van der Waals surface area contributed by atoms with E-state index in [1.165, 1.54) is 4.90 Å². The molecule has 5 nitrogen and oxygen atoms in total. The van der Waals surface area contributed by atoms with Crippen molar-refractivity contribution in [3.05, 3.63) is 0 Å². The number of rotatable bonds is 3. The van der Waals surface area contributed by atoms with Crippen molar-refractivity contribution in [3.63, 3.8) is 0 Å². The number of nitrogens with zero attached hydrogens (tertiary/aromatic N) is 1. The van der Waals surface area contributed by atoms with Crippen LogP contribution in [0.5, 0.6) is 0 Å². The highest BCUT2D eigenvalue weighted by molar-refractivity contribution is 5.87. The molecule has 13 heavy (non-hydrogen) atoms. The SMILES string of the molecule is O=C1CN(CCCO)C(=O)CCN1. The maximum Gasteiger partial charge on any atom is 0.239 e. The molecular weight excluding hydrogens is 172 g/mol. The van der Waals surface area contributed by atoms with Crippen LogP contribution in [0, 0.1) is 0 Å². The molecule has 2 amide bonds. The number of carbonyl (C=O) groups is 2. The van der Waals surface area contributed by atoms with Crippen LogP contribution in [0.2, 0.25) is 0 Å². The summed E-state index contributed by atoms with van der Waals surface area (Å²) in [4.78, 5) is 23.8. The zero-order valence-electron chi connectivity index (χ0n) is 7.45. The van der Waals surface area contributed by atoms with Crippen LogP contribution in [-0.4, -0.2) is 48.1 Å². The van der Waals surface area contributed by atoms with E-state index in [0.29, 0.717) is 25.9 Å². The molecular formula is C8H14N2O3. The van der Waals surface area contributed by atoms with Gasteiger partial charge in [0.25, 0.3) is 0 Å². The van der Waals surface area contributed by atoms with Crippen molar-refractivity contribution in [3.8, 4) is 0 Å². The highest BCUT2D eigenvalue weighted by Crippen LogP contribution is 1.99. The largest absolute Gasteiger partial charge is 0.396 e. The predicted molar refractivity (Wildman–Crippen MR) is 45.9 cm³/mol. The fraction of sp³-hybridized carbons (Fsp3) is 0.750. The molecule has 0 aromatic carbocycles. The highest BCUT2D eigenvalue weighted by atomic mass is 16.3. The van der Waals surface area contributed by atoms with E-state index in [2.05, 4.69) is 5.32 Å². The molecule has 0 radical (unpaired) electrons. The first kappa shape index (κ1) is 9.98. The van der Waals surface area contributed by atoms with Crippen LogP contribution in [0.3, 0.4) is 0 Å². The van der Waals surface area contributed by atoms with E-state index in [-0.39, 0.29) is 25.0 Å². The minimum Gasteiger partial charge on any atom is -0.396 e. The zero-order chi connectivity index (χ0) is 9.68. The summed E-state index contributed by atoms with van der Waals surface area (Å²) in [5.74, 6) is -0.143. The van der Waals surface area contributed by atoms with Gasteiger partial charge in [0.05, 0.1) is 6.54 Å². The molecule has 1 fully saturated rings. The number of hydrogen-bond acceptors (Lipinski definition) is 3. The van der Waals surface area contributed by atoms with Gasteiger partial charge in [-0.2, -0.15) is 0 Å². The third-order valence-electron chi connectivity index (χ3n) is 1.93. The molecule has 0 atom stereocenters. The first-order chi connectivity index (χ1) is 6.24. The molecule has 2 N–H and O–H groups in total. The van der Waals surface area contributed by atoms with Crippen LogP contribution in [0.25, 0.3) is 0 Å². The lowest BCUT2D eigenvalue weighted by Crippen LogP contribution is -2.36. The van der Waals surface area contributed by atoms with E-state index in [1.807, 2.05) is 0 Å². The number of amides is 2. The van der Waals surface area contributed by atoms with Gasteiger partial charge in [-0.05, 0) is 6.42 Å². The number of aliphatic hydroxyl groups excluding tert-OH is 1. The Balaban J connectivity index is 2.46. The Kier molecular flexibility index (Phi) is 3.70. The van der Waals surface area contributed by atoms with Crippen LogP contribution < -0.4 is 5.32 Å². The van der Waals surface area contributed by atoms with E-state index in [4.69, 9.17) is 5.11 Å². The molecule has 0 aromatic rings. The molecule has 0 bridgehead atoms. The van der Waals surface area contributed by atoms with Crippen molar-refractivity contribution in [2.75, 3.05) is 26.2 Å². The first-order valence-electron chi connectivity index (χ1n) is 4.39. The average Bonchev–Trinajstić information content (AvgIpc) is 2.25. The summed E-state index contributed by atoms with van der Waals surface area (Å²) >= 11 is 0. The normalized spacial score (nSPS) is 18.4. The monoisotopic (exact) mass is 186 g/mol. The summed E-state index contributed by atoms with van der Waals surface area (Å²) < 4.78 is 0. The number of carbonyl (C=O) groups excluding carboxylic acids is 2. The Morgan fingerprint density at radius 3 is 2.92 bits per heavy atom. The van der Waals surface area contributed by atoms with Gasteiger partial charge in [-0.1, -0.05) is 0 Å². The Labute approximate surface area is 76.7 Å². The summed E-state index contributed by atoms with van der Waals surface area (Å²) in [5, 5.41) is 11.2. The molecule has 0 saturated carbocycles. The summed E-state index contributed by atoms with van der Waals surface area (Å²) in [6.07, 6.45) is 0.885.